The summed E-state index contributed by atoms with van der Waals surface area (Å²) in [4.78, 5) is 11.7. The molecule has 0 saturated carbocycles. The summed E-state index contributed by atoms with van der Waals surface area (Å²) >= 11 is 0. The Kier molecular flexibility index (Phi) is 4.81. The standard InChI is InChI=1S/C14H17F3O3/c1-4-20-12(18)13(3,19)9(2)10-5-7-11(8-6-10)14(15,16)17/h5-9,19H,4H2,1-3H3. The Bertz CT molecular complexity index is 464. The van der Waals surface area contributed by atoms with Crippen LogP contribution in [0.4, 0.5) is 13.2 Å². The SMILES string of the molecule is CCOC(=O)C(C)(O)C(C)c1ccc(C(F)(F)F)cc1. The highest BCUT2D eigenvalue weighted by Gasteiger charge is 2.39. The smallest absolute Gasteiger partial charge is 0.416 e. The largest absolute Gasteiger partial charge is 0.464 e. The molecular formula is C14H17F3O3. The number of rotatable bonds is 4. The molecule has 3 nitrogen and oxygen atoms in total. The predicted octanol–water partition coefficient (Wildman–Crippen LogP) is 3.12. The van der Waals surface area contributed by atoms with Gasteiger partial charge >= 0.3 is 12.1 Å². The number of halogens is 3. The Morgan fingerprint density at radius 1 is 1.30 bits per heavy atom. The molecule has 0 aliphatic carbocycles. The molecule has 20 heavy (non-hydrogen) atoms. The van der Waals surface area contributed by atoms with Crippen LogP contribution in [0.15, 0.2) is 24.3 Å². The number of hydrogen-bond acceptors (Lipinski definition) is 3. The van der Waals surface area contributed by atoms with Crippen molar-refractivity contribution in [3.63, 3.8) is 0 Å². The van der Waals surface area contributed by atoms with Crippen molar-refractivity contribution >= 4 is 5.97 Å². The van der Waals surface area contributed by atoms with Crippen LogP contribution >= 0.6 is 0 Å². The van der Waals surface area contributed by atoms with Gasteiger partial charge in [-0.2, -0.15) is 13.2 Å². The van der Waals surface area contributed by atoms with E-state index in [0.29, 0.717) is 5.56 Å². The third-order valence-corrected chi connectivity index (χ3v) is 3.27. The summed E-state index contributed by atoms with van der Waals surface area (Å²) in [7, 11) is 0. The number of hydrogen-bond donors (Lipinski definition) is 1. The Morgan fingerprint density at radius 2 is 1.80 bits per heavy atom. The summed E-state index contributed by atoms with van der Waals surface area (Å²) in [5, 5.41) is 10.2. The van der Waals surface area contributed by atoms with Crippen molar-refractivity contribution in [2.75, 3.05) is 6.61 Å². The van der Waals surface area contributed by atoms with Crippen molar-refractivity contribution in [2.45, 2.75) is 38.5 Å². The van der Waals surface area contributed by atoms with Crippen LogP contribution in [0.3, 0.4) is 0 Å². The zero-order chi connectivity index (χ0) is 15.6. The van der Waals surface area contributed by atoms with Crippen LogP contribution in [-0.2, 0) is 15.7 Å². The lowest BCUT2D eigenvalue weighted by Gasteiger charge is -2.28. The Balaban J connectivity index is 2.97. The minimum Gasteiger partial charge on any atom is -0.464 e. The molecule has 1 aromatic carbocycles. The first-order chi connectivity index (χ1) is 9.10. The zero-order valence-electron chi connectivity index (χ0n) is 11.5. The summed E-state index contributed by atoms with van der Waals surface area (Å²) in [6.07, 6.45) is -4.41. The van der Waals surface area contributed by atoms with Crippen LogP contribution in [0.25, 0.3) is 0 Å². The van der Waals surface area contributed by atoms with Gasteiger partial charge in [-0.3, -0.25) is 0 Å². The van der Waals surface area contributed by atoms with E-state index < -0.39 is 29.2 Å². The third-order valence-electron chi connectivity index (χ3n) is 3.27. The highest BCUT2D eigenvalue weighted by molar-refractivity contribution is 5.80. The second-order valence-corrected chi connectivity index (χ2v) is 4.71. The number of carbonyl (C=O) groups is 1. The highest BCUT2D eigenvalue weighted by Crippen LogP contribution is 2.33. The van der Waals surface area contributed by atoms with Crippen molar-refractivity contribution in [3.8, 4) is 0 Å². The van der Waals surface area contributed by atoms with Gasteiger partial charge in [0, 0.05) is 5.92 Å². The average Bonchev–Trinajstić information content (AvgIpc) is 2.37. The number of carbonyl (C=O) groups excluding carboxylic acids is 1. The van der Waals surface area contributed by atoms with Gasteiger partial charge in [-0.15, -0.1) is 0 Å². The molecule has 0 aromatic heterocycles. The van der Waals surface area contributed by atoms with Gasteiger partial charge in [-0.1, -0.05) is 19.1 Å². The van der Waals surface area contributed by atoms with Crippen molar-refractivity contribution in [3.05, 3.63) is 35.4 Å². The second kappa shape index (κ2) is 5.83. The summed E-state index contributed by atoms with van der Waals surface area (Å²) in [6.45, 7) is 4.57. The Labute approximate surface area is 115 Å². The Morgan fingerprint density at radius 3 is 2.20 bits per heavy atom. The van der Waals surface area contributed by atoms with Crippen LogP contribution in [0, 0.1) is 0 Å². The van der Waals surface area contributed by atoms with Gasteiger partial charge in [-0.05, 0) is 31.5 Å². The molecule has 1 aromatic rings. The summed E-state index contributed by atoms with van der Waals surface area (Å²) in [5.74, 6) is -1.49. The topological polar surface area (TPSA) is 46.5 Å². The van der Waals surface area contributed by atoms with E-state index in [9.17, 15) is 23.1 Å². The van der Waals surface area contributed by atoms with E-state index in [1.807, 2.05) is 0 Å². The molecule has 0 aliphatic rings. The first kappa shape index (κ1) is 16.5. The fourth-order valence-electron chi connectivity index (χ4n) is 1.74. The molecule has 0 heterocycles. The van der Waals surface area contributed by atoms with Crippen molar-refractivity contribution in [2.24, 2.45) is 0 Å². The maximum Gasteiger partial charge on any atom is 0.416 e. The van der Waals surface area contributed by atoms with Gasteiger partial charge in [-0.25, -0.2) is 4.79 Å². The van der Waals surface area contributed by atoms with Gasteiger partial charge in [0.2, 0.25) is 0 Å². The first-order valence-corrected chi connectivity index (χ1v) is 6.17. The lowest BCUT2D eigenvalue weighted by atomic mass is 9.84. The molecule has 6 heteroatoms. The minimum atomic E-state index is -4.41. The first-order valence-electron chi connectivity index (χ1n) is 6.17. The number of benzene rings is 1. The predicted molar refractivity (Wildman–Crippen MR) is 67.1 cm³/mol. The summed E-state index contributed by atoms with van der Waals surface area (Å²) in [5.41, 5.74) is -2.14. The number of aliphatic hydroxyl groups is 1. The molecule has 2 unspecified atom stereocenters. The Hall–Kier alpha value is -1.56. The van der Waals surface area contributed by atoms with E-state index in [2.05, 4.69) is 0 Å². The fourth-order valence-corrected chi connectivity index (χ4v) is 1.74. The quantitative estimate of drug-likeness (QED) is 0.867. The van der Waals surface area contributed by atoms with Crippen molar-refractivity contribution in [1.82, 2.24) is 0 Å². The fraction of sp³-hybridized carbons (Fsp3) is 0.500. The molecule has 0 saturated heterocycles. The highest BCUT2D eigenvalue weighted by atomic mass is 19.4. The maximum absolute atomic E-state index is 12.5. The van der Waals surface area contributed by atoms with E-state index in [-0.39, 0.29) is 6.61 Å². The minimum absolute atomic E-state index is 0.120. The van der Waals surface area contributed by atoms with Crippen LogP contribution in [0.2, 0.25) is 0 Å². The number of esters is 1. The van der Waals surface area contributed by atoms with Crippen LogP contribution in [0.1, 0.15) is 37.8 Å². The van der Waals surface area contributed by atoms with Crippen LogP contribution in [0.5, 0.6) is 0 Å². The van der Waals surface area contributed by atoms with Crippen LogP contribution < -0.4 is 0 Å². The molecule has 1 rings (SSSR count). The molecule has 0 fully saturated rings. The number of alkyl halides is 3. The molecule has 0 spiro atoms. The molecule has 0 amide bonds. The van der Waals surface area contributed by atoms with Crippen molar-refractivity contribution in [1.29, 1.82) is 0 Å². The average molecular weight is 290 g/mol. The molecule has 0 bridgehead atoms. The molecule has 0 aliphatic heterocycles. The third kappa shape index (κ3) is 3.50. The summed E-state index contributed by atoms with van der Waals surface area (Å²) < 4.78 is 42.1. The van der Waals surface area contributed by atoms with Gasteiger partial charge in [0.1, 0.15) is 0 Å². The van der Waals surface area contributed by atoms with E-state index in [1.165, 1.54) is 19.1 Å². The van der Waals surface area contributed by atoms with Gasteiger partial charge in [0.05, 0.1) is 12.2 Å². The second-order valence-electron chi connectivity index (χ2n) is 4.71. The van der Waals surface area contributed by atoms with E-state index in [0.717, 1.165) is 12.1 Å². The maximum atomic E-state index is 12.5. The lowest BCUT2D eigenvalue weighted by Crippen LogP contribution is -2.41. The molecule has 112 valence electrons. The van der Waals surface area contributed by atoms with E-state index in [4.69, 9.17) is 4.74 Å². The van der Waals surface area contributed by atoms with Gasteiger partial charge in [0.15, 0.2) is 5.60 Å². The number of ether oxygens (including phenoxy) is 1. The van der Waals surface area contributed by atoms with E-state index in [1.54, 1.807) is 13.8 Å². The van der Waals surface area contributed by atoms with Gasteiger partial charge < -0.3 is 9.84 Å². The summed E-state index contributed by atoms with van der Waals surface area (Å²) in [6, 6.07) is 4.35. The van der Waals surface area contributed by atoms with E-state index >= 15 is 0 Å². The zero-order valence-corrected chi connectivity index (χ0v) is 11.5. The molecule has 2 atom stereocenters. The van der Waals surface area contributed by atoms with Gasteiger partial charge in [0.25, 0.3) is 0 Å². The molecular weight excluding hydrogens is 273 g/mol. The van der Waals surface area contributed by atoms with Crippen molar-refractivity contribution < 1.29 is 27.8 Å². The normalized spacial score (nSPS) is 16.4. The lowest BCUT2D eigenvalue weighted by molar-refractivity contribution is -0.165. The van der Waals surface area contributed by atoms with Crippen LogP contribution in [-0.4, -0.2) is 23.3 Å². The molecule has 1 N–H and O–H groups in total. The monoisotopic (exact) mass is 290 g/mol. The molecule has 0 radical (unpaired) electrons.